The van der Waals surface area contributed by atoms with Crippen molar-refractivity contribution in [2.45, 2.75) is 12.8 Å². The molecule has 2 rings (SSSR count). The van der Waals surface area contributed by atoms with E-state index in [1.54, 1.807) is 0 Å². The van der Waals surface area contributed by atoms with Gasteiger partial charge in [-0.2, -0.15) is 0 Å². The Labute approximate surface area is 105 Å². The lowest BCUT2D eigenvalue weighted by molar-refractivity contribution is -0.385. The average molecular weight is 253 g/mol. The number of hydrogen-bond acceptors (Lipinski definition) is 4. The van der Waals surface area contributed by atoms with Gasteiger partial charge in [0.15, 0.2) is 0 Å². The van der Waals surface area contributed by atoms with Crippen LogP contribution in [0.5, 0.6) is 0 Å². The molecule has 1 fully saturated rings. The predicted molar refractivity (Wildman–Crippen MR) is 67.1 cm³/mol. The van der Waals surface area contributed by atoms with Crippen LogP contribution < -0.4 is 10.6 Å². The summed E-state index contributed by atoms with van der Waals surface area (Å²) in [5.41, 5.74) is 0.242. The summed E-state index contributed by atoms with van der Waals surface area (Å²) in [5.74, 6) is -0.102. The molecule has 1 unspecified atom stereocenters. The molecule has 2 N–H and O–H groups in total. The number of nitro benzene ring substituents is 1. The van der Waals surface area contributed by atoms with Gasteiger partial charge >= 0.3 is 0 Å². The molecule has 0 saturated carbocycles. The standard InChI is InChI=1S/C12H16FN3O2/c13-10-4-11(6-12(5-10)16(17)18)15-8-9-2-1-3-14-7-9/h4-6,9,14-15H,1-3,7-8H2. The number of benzene rings is 1. The van der Waals surface area contributed by atoms with Crippen molar-refractivity contribution < 1.29 is 9.31 Å². The molecule has 0 radical (unpaired) electrons. The van der Waals surface area contributed by atoms with E-state index in [1.165, 1.54) is 12.1 Å². The van der Waals surface area contributed by atoms with Gasteiger partial charge in [0.2, 0.25) is 0 Å². The zero-order valence-electron chi connectivity index (χ0n) is 9.99. The first-order valence-corrected chi connectivity index (χ1v) is 6.05. The second-order valence-electron chi connectivity index (χ2n) is 4.55. The largest absolute Gasteiger partial charge is 0.384 e. The molecule has 0 bridgehead atoms. The first kappa shape index (κ1) is 12.8. The molecule has 1 heterocycles. The Morgan fingerprint density at radius 3 is 3.00 bits per heavy atom. The molecule has 0 aromatic heterocycles. The normalized spacial score (nSPS) is 19.5. The van der Waals surface area contributed by atoms with Crippen LogP contribution in [0.15, 0.2) is 18.2 Å². The van der Waals surface area contributed by atoms with Gasteiger partial charge in [0.1, 0.15) is 5.82 Å². The predicted octanol–water partition coefficient (Wildman–Crippen LogP) is 2.15. The second-order valence-corrected chi connectivity index (χ2v) is 4.55. The molecule has 0 aliphatic carbocycles. The minimum Gasteiger partial charge on any atom is -0.384 e. The van der Waals surface area contributed by atoms with Crippen LogP contribution in [0.3, 0.4) is 0 Å². The van der Waals surface area contributed by atoms with Crippen LogP contribution >= 0.6 is 0 Å². The number of nitrogens with zero attached hydrogens (tertiary/aromatic N) is 1. The molecule has 1 atom stereocenters. The van der Waals surface area contributed by atoms with Crippen LogP contribution in [0.1, 0.15) is 12.8 Å². The molecule has 5 nitrogen and oxygen atoms in total. The summed E-state index contributed by atoms with van der Waals surface area (Å²) in [4.78, 5) is 10.0. The van der Waals surface area contributed by atoms with E-state index in [0.29, 0.717) is 18.2 Å². The van der Waals surface area contributed by atoms with E-state index in [-0.39, 0.29) is 5.69 Å². The molecule has 98 valence electrons. The molecular formula is C12H16FN3O2. The quantitative estimate of drug-likeness (QED) is 0.637. The maximum absolute atomic E-state index is 13.2. The minimum absolute atomic E-state index is 0.223. The van der Waals surface area contributed by atoms with E-state index in [0.717, 1.165) is 32.0 Å². The fourth-order valence-corrected chi connectivity index (χ4v) is 2.14. The van der Waals surface area contributed by atoms with E-state index < -0.39 is 10.7 Å². The summed E-state index contributed by atoms with van der Waals surface area (Å²) in [5, 5.41) is 17.0. The fourth-order valence-electron chi connectivity index (χ4n) is 2.14. The van der Waals surface area contributed by atoms with Gasteiger partial charge in [-0.3, -0.25) is 10.1 Å². The summed E-state index contributed by atoms with van der Waals surface area (Å²) in [6.07, 6.45) is 2.26. The Morgan fingerprint density at radius 2 is 2.33 bits per heavy atom. The molecule has 1 aliphatic rings. The van der Waals surface area contributed by atoms with Gasteiger partial charge in [-0.25, -0.2) is 4.39 Å². The number of halogens is 1. The van der Waals surface area contributed by atoms with Crippen molar-refractivity contribution >= 4 is 11.4 Å². The second kappa shape index (κ2) is 5.77. The van der Waals surface area contributed by atoms with Crippen LogP contribution in [0, 0.1) is 21.8 Å². The number of rotatable bonds is 4. The molecule has 1 aromatic rings. The van der Waals surface area contributed by atoms with Crippen molar-refractivity contribution in [2.24, 2.45) is 5.92 Å². The number of piperidine rings is 1. The monoisotopic (exact) mass is 253 g/mol. The number of non-ortho nitro benzene ring substituents is 1. The van der Waals surface area contributed by atoms with E-state index in [4.69, 9.17) is 0 Å². The zero-order chi connectivity index (χ0) is 13.0. The summed E-state index contributed by atoms with van der Waals surface area (Å²) >= 11 is 0. The highest BCUT2D eigenvalue weighted by molar-refractivity contribution is 5.51. The maximum atomic E-state index is 13.2. The third-order valence-corrected chi connectivity index (χ3v) is 3.09. The topological polar surface area (TPSA) is 67.2 Å². The smallest absolute Gasteiger partial charge is 0.274 e. The fraction of sp³-hybridized carbons (Fsp3) is 0.500. The third kappa shape index (κ3) is 3.40. The van der Waals surface area contributed by atoms with Crippen molar-refractivity contribution in [1.82, 2.24) is 5.32 Å². The van der Waals surface area contributed by atoms with Crippen molar-refractivity contribution in [3.63, 3.8) is 0 Å². The van der Waals surface area contributed by atoms with Gasteiger partial charge in [0.05, 0.1) is 11.0 Å². The van der Waals surface area contributed by atoms with Gasteiger partial charge < -0.3 is 10.6 Å². The SMILES string of the molecule is O=[N+]([O-])c1cc(F)cc(NCC2CCCNC2)c1. The maximum Gasteiger partial charge on any atom is 0.274 e. The summed E-state index contributed by atoms with van der Waals surface area (Å²) < 4.78 is 13.2. The van der Waals surface area contributed by atoms with Gasteiger partial charge in [0, 0.05) is 18.3 Å². The Hall–Kier alpha value is -1.69. The molecule has 18 heavy (non-hydrogen) atoms. The number of nitro groups is 1. The summed E-state index contributed by atoms with van der Waals surface area (Å²) in [6, 6.07) is 3.57. The van der Waals surface area contributed by atoms with Crippen LogP contribution in [0.4, 0.5) is 15.8 Å². The summed E-state index contributed by atoms with van der Waals surface area (Å²) in [6.45, 7) is 2.68. The van der Waals surface area contributed by atoms with Gasteiger partial charge in [-0.1, -0.05) is 0 Å². The molecule has 6 heteroatoms. The van der Waals surface area contributed by atoms with Crippen molar-refractivity contribution in [3.8, 4) is 0 Å². The minimum atomic E-state index is -0.589. The Kier molecular flexibility index (Phi) is 4.09. The molecule has 1 saturated heterocycles. The summed E-state index contributed by atoms with van der Waals surface area (Å²) in [7, 11) is 0. The Morgan fingerprint density at radius 1 is 1.50 bits per heavy atom. The molecule has 0 amide bonds. The molecule has 1 aromatic carbocycles. The molecule has 1 aliphatic heterocycles. The highest BCUT2D eigenvalue weighted by atomic mass is 19.1. The van der Waals surface area contributed by atoms with Crippen LogP contribution in [0.2, 0.25) is 0 Å². The van der Waals surface area contributed by atoms with Crippen LogP contribution in [-0.4, -0.2) is 24.6 Å². The highest BCUT2D eigenvalue weighted by Crippen LogP contribution is 2.20. The lowest BCUT2D eigenvalue weighted by Gasteiger charge is -2.23. The molecular weight excluding hydrogens is 237 g/mol. The van der Waals surface area contributed by atoms with Crippen LogP contribution in [-0.2, 0) is 0 Å². The lowest BCUT2D eigenvalue weighted by atomic mass is 10.00. The van der Waals surface area contributed by atoms with Crippen molar-refractivity contribution in [2.75, 3.05) is 25.0 Å². The van der Waals surface area contributed by atoms with E-state index in [2.05, 4.69) is 10.6 Å². The lowest BCUT2D eigenvalue weighted by Crippen LogP contribution is -2.33. The molecule has 0 spiro atoms. The first-order valence-electron chi connectivity index (χ1n) is 6.05. The van der Waals surface area contributed by atoms with Crippen molar-refractivity contribution in [1.29, 1.82) is 0 Å². The zero-order valence-corrected chi connectivity index (χ0v) is 9.99. The van der Waals surface area contributed by atoms with Gasteiger partial charge in [-0.15, -0.1) is 0 Å². The van der Waals surface area contributed by atoms with Crippen molar-refractivity contribution in [3.05, 3.63) is 34.1 Å². The first-order chi connectivity index (χ1) is 8.65. The Balaban J connectivity index is 1.97. The van der Waals surface area contributed by atoms with Crippen LogP contribution in [0.25, 0.3) is 0 Å². The van der Waals surface area contributed by atoms with Gasteiger partial charge in [0.25, 0.3) is 5.69 Å². The van der Waals surface area contributed by atoms with E-state index in [1.807, 2.05) is 0 Å². The Bertz CT molecular complexity index is 433. The number of anilines is 1. The van der Waals surface area contributed by atoms with E-state index >= 15 is 0 Å². The van der Waals surface area contributed by atoms with E-state index in [9.17, 15) is 14.5 Å². The highest BCUT2D eigenvalue weighted by Gasteiger charge is 2.14. The van der Waals surface area contributed by atoms with Gasteiger partial charge in [-0.05, 0) is 37.9 Å². The average Bonchev–Trinajstić information content (AvgIpc) is 2.37. The number of hydrogen-bond donors (Lipinski definition) is 2. The number of nitrogens with one attached hydrogen (secondary N) is 2. The third-order valence-electron chi connectivity index (χ3n) is 3.09.